The van der Waals surface area contributed by atoms with Crippen molar-refractivity contribution in [1.29, 1.82) is 0 Å². The number of hydrogen-bond donors (Lipinski definition) is 2. The first kappa shape index (κ1) is 10.4. The number of nitrogens with zero attached hydrogens (tertiary/aromatic N) is 2. The van der Waals surface area contributed by atoms with Gasteiger partial charge in [-0.2, -0.15) is 0 Å². The Morgan fingerprint density at radius 2 is 2.18 bits per heavy atom. The summed E-state index contributed by atoms with van der Waals surface area (Å²) in [5.41, 5.74) is 10.7. The summed E-state index contributed by atoms with van der Waals surface area (Å²) in [6.07, 6.45) is 3.49. The van der Waals surface area contributed by atoms with Gasteiger partial charge in [0.2, 0.25) is 0 Å². The Balaban J connectivity index is 2.19. The van der Waals surface area contributed by atoms with Crippen molar-refractivity contribution < 1.29 is 0 Å². The van der Waals surface area contributed by atoms with Crippen LogP contribution in [0.25, 0.3) is 5.52 Å². The van der Waals surface area contributed by atoms with Crippen LogP contribution >= 0.6 is 0 Å². The van der Waals surface area contributed by atoms with Gasteiger partial charge >= 0.3 is 0 Å². The van der Waals surface area contributed by atoms with Gasteiger partial charge < -0.3 is 11.1 Å². The highest BCUT2D eigenvalue weighted by molar-refractivity contribution is 5.81. The Kier molecular flexibility index (Phi) is 2.24. The molecule has 0 saturated heterocycles. The summed E-state index contributed by atoms with van der Waals surface area (Å²) in [7, 11) is 0. The van der Waals surface area contributed by atoms with E-state index in [1.165, 1.54) is 17.7 Å². The maximum absolute atomic E-state index is 6.14. The average Bonchev–Trinajstić information content (AvgIpc) is 2.84. The summed E-state index contributed by atoms with van der Waals surface area (Å²) < 4.78 is 2.02. The largest absolute Gasteiger partial charge is 0.394 e. The van der Waals surface area contributed by atoms with Crippen LogP contribution in [0.15, 0.2) is 12.1 Å². The third kappa shape index (κ3) is 1.55. The van der Waals surface area contributed by atoms with Crippen LogP contribution in [-0.4, -0.2) is 15.7 Å². The van der Waals surface area contributed by atoms with E-state index in [4.69, 9.17) is 5.73 Å². The molecule has 90 valence electrons. The van der Waals surface area contributed by atoms with Crippen LogP contribution in [0.1, 0.15) is 31.5 Å². The van der Waals surface area contributed by atoms with E-state index in [2.05, 4.69) is 36.4 Å². The second-order valence-corrected chi connectivity index (χ2v) is 5.02. The summed E-state index contributed by atoms with van der Waals surface area (Å²) >= 11 is 0. The standard InChI is InChI=1S/C13H18N4/c1-8(2)15-13-12(14)11-7-6-9-4-3-5-10(9)17(11)16-13/h6-8H,3-5,14H2,1-2H3,(H,15,16). The predicted molar refractivity (Wildman–Crippen MR) is 70.4 cm³/mol. The number of fused-ring (bicyclic) bond motifs is 3. The van der Waals surface area contributed by atoms with Crippen molar-refractivity contribution in [2.45, 2.75) is 39.2 Å². The van der Waals surface area contributed by atoms with Crippen LogP contribution in [0.3, 0.4) is 0 Å². The van der Waals surface area contributed by atoms with E-state index in [0.717, 1.165) is 29.9 Å². The molecule has 2 heterocycles. The number of nitrogens with two attached hydrogens (primary N) is 1. The molecule has 0 atom stereocenters. The molecule has 3 N–H and O–H groups in total. The molecule has 0 bridgehead atoms. The number of pyridine rings is 1. The Morgan fingerprint density at radius 3 is 2.94 bits per heavy atom. The van der Waals surface area contributed by atoms with Gasteiger partial charge in [0.25, 0.3) is 0 Å². The van der Waals surface area contributed by atoms with Gasteiger partial charge in [0.15, 0.2) is 5.82 Å². The monoisotopic (exact) mass is 230 g/mol. The van der Waals surface area contributed by atoms with E-state index in [1.54, 1.807) is 0 Å². The molecule has 4 heteroatoms. The zero-order chi connectivity index (χ0) is 12.0. The maximum Gasteiger partial charge on any atom is 0.172 e. The maximum atomic E-state index is 6.14. The lowest BCUT2D eigenvalue weighted by atomic mass is 10.2. The number of aryl methyl sites for hydroxylation is 2. The first-order chi connectivity index (χ1) is 8.16. The molecule has 0 fully saturated rings. The van der Waals surface area contributed by atoms with Crippen molar-refractivity contribution in [3.63, 3.8) is 0 Å². The van der Waals surface area contributed by atoms with Gasteiger partial charge in [-0.3, -0.25) is 0 Å². The minimum atomic E-state index is 0.343. The van der Waals surface area contributed by atoms with Crippen LogP contribution in [0, 0.1) is 0 Å². The highest BCUT2D eigenvalue weighted by Crippen LogP contribution is 2.29. The first-order valence-electron chi connectivity index (χ1n) is 6.22. The number of rotatable bonds is 2. The van der Waals surface area contributed by atoms with Crippen LogP contribution < -0.4 is 11.1 Å². The molecule has 0 saturated carbocycles. The van der Waals surface area contributed by atoms with Gasteiger partial charge in [0.1, 0.15) is 5.69 Å². The number of nitrogen functional groups attached to an aromatic ring is 1. The zero-order valence-electron chi connectivity index (χ0n) is 10.3. The third-order valence-corrected chi connectivity index (χ3v) is 3.31. The van der Waals surface area contributed by atoms with Crippen molar-refractivity contribution in [2.24, 2.45) is 0 Å². The number of nitrogens with one attached hydrogen (secondary N) is 1. The molecule has 0 radical (unpaired) electrons. The lowest BCUT2D eigenvalue weighted by Gasteiger charge is -2.06. The topological polar surface area (TPSA) is 55.4 Å². The van der Waals surface area contributed by atoms with E-state index in [1.807, 2.05) is 4.52 Å². The molecule has 2 aromatic rings. The zero-order valence-corrected chi connectivity index (χ0v) is 10.3. The van der Waals surface area contributed by atoms with Gasteiger partial charge in [0, 0.05) is 11.7 Å². The Labute approximate surface area is 101 Å². The molecule has 0 spiro atoms. The number of anilines is 2. The minimum absolute atomic E-state index is 0.343. The highest BCUT2D eigenvalue weighted by atomic mass is 15.3. The van der Waals surface area contributed by atoms with Gasteiger partial charge in [-0.25, -0.2) is 4.52 Å². The second kappa shape index (κ2) is 3.65. The molecule has 0 unspecified atom stereocenters. The van der Waals surface area contributed by atoms with Crippen LogP contribution in [-0.2, 0) is 12.8 Å². The van der Waals surface area contributed by atoms with E-state index in [-0.39, 0.29) is 0 Å². The smallest absolute Gasteiger partial charge is 0.172 e. The summed E-state index contributed by atoms with van der Waals surface area (Å²) in [5.74, 6) is 0.806. The molecular weight excluding hydrogens is 212 g/mol. The molecule has 2 aromatic heterocycles. The fourth-order valence-corrected chi connectivity index (χ4v) is 2.54. The molecule has 4 nitrogen and oxygen atoms in total. The molecule has 0 aromatic carbocycles. The van der Waals surface area contributed by atoms with Crippen LogP contribution in [0.4, 0.5) is 11.5 Å². The van der Waals surface area contributed by atoms with Gasteiger partial charge in [0.05, 0.1) is 5.52 Å². The molecule has 1 aliphatic rings. The fraction of sp³-hybridized carbons (Fsp3) is 0.462. The Bertz CT molecular complexity index is 568. The minimum Gasteiger partial charge on any atom is -0.394 e. The van der Waals surface area contributed by atoms with Crippen molar-refractivity contribution >= 4 is 17.0 Å². The Hall–Kier alpha value is -1.71. The molecule has 0 aliphatic heterocycles. The quantitative estimate of drug-likeness (QED) is 0.831. The fourth-order valence-electron chi connectivity index (χ4n) is 2.54. The van der Waals surface area contributed by atoms with Crippen molar-refractivity contribution in [3.8, 4) is 0 Å². The summed E-state index contributed by atoms with van der Waals surface area (Å²) in [4.78, 5) is 0. The van der Waals surface area contributed by atoms with Crippen molar-refractivity contribution in [3.05, 3.63) is 23.4 Å². The summed E-state index contributed by atoms with van der Waals surface area (Å²) in [5, 5.41) is 7.90. The predicted octanol–water partition coefficient (Wildman–Crippen LogP) is 2.23. The number of aromatic nitrogens is 2. The lowest BCUT2D eigenvalue weighted by Crippen LogP contribution is -2.11. The summed E-state index contributed by atoms with van der Waals surface area (Å²) in [6.45, 7) is 4.18. The average molecular weight is 230 g/mol. The normalized spacial score (nSPS) is 14.5. The molecule has 1 aliphatic carbocycles. The Morgan fingerprint density at radius 1 is 1.35 bits per heavy atom. The van der Waals surface area contributed by atoms with Gasteiger partial charge in [-0.15, -0.1) is 5.10 Å². The van der Waals surface area contributed by atoms with Gasteiger partial charge in [-0.1, -0.05) is 6.07 Å². The lowest BCUT2D eigenvalue weighted by molar-refractivity contribution is 0.830. The summed E-state index contributed by atoms with van der Waals surface area (Å²) in [6, 6.07) is 4.61. The first-order valence-corrected chi connectivity index (χ1v) is 6.22. The number of hydrogen-bond acceptors (Lipinski definition) is 3. The van der Waals surface area contributed by atoms with Gasteiger partial charge in [-0.05, 0) is 44.7 Å². The SMILES string of the molecule is CC(C)Nc1nn2c3c(ccc2c1N)CCC3. The van der Waals surface area contributed by atoms with E-state index in [0.29, 0.717) is 6.04 Å². The molecule has 3 rings (SSSR count). The second-order valence-electron chi connectivity index (χ2n) is 5.02. The van der Waals surface area contributed by atoms with Crippen LogP contribution in [0.5, 0.6) is 0 Å². The molecular formula is C13H18N4. The molecule has 17 heavy (non-hydrogen) atoms. The van der Waals surface area contributed by atoms with Crippen molar-refractivity contribution in [1.82, 2.24) is 9.61 Å². The highest BCUT2D eigenvalue weighted by Gasteiger charge is 2.18. The third-order valence-electron chi connectivity index (χ3n) is 3.31. The van der Waals surface area contributed by atoms with E-state index in [9.17, 15) is 0 Å². The van der Waals surface area contributed by atoms with Crippen LogP contribution in [0.2, 0.25) is 0 Å². The molecule has 0 amide bonds. The van der Waals surface area contributed by atoms with Crippen molar-refractivity contribution in [2.75, 3.05) is 11.1 Å². The van der Waals surface area contributed by atoms with E-state index >= 15 is 0 Å². The van der Waals surface area contributed by atoms with E-state index < -0.39 is 0 Å².